The second-order valence-electron chi connectivity index (χ2n) is 5.27. The van der Waals surface area contributed by atoms with Crippen LogP contribution < -0.4 is 4.74 Å². The van der Waals surface area contributed by atoms with Crippen LogP contribution in [0, 0.1) is 6.92 Å². The topological polar surface area (TPSA) is 60.8 Å². The zero-order chi connectivity index (χ0) is 15.2. The molecule has 0 radical (unpaired) electrons. The fourth-order valence-corrected chi connectivity index (χ4v) is 1.97. The van der Waals surface area contributed by atoms with Crippen LogP contribution in [0.3, 0.4) is 0 Å². The number of rotatable bonds is 6. The number of hydrogen-bond donors (Lipinski definition) is 0. The fourth-order valence-electron chi connectivity index (χ4n) is 1.97. The van der Waals surface area contributed by atoms with Gasteiger partial charge in [-0.2, -0.15) is 0 Å². The summed E-state index contributed by atoms with van der Waals surface area (Å²) in [5.41, 5.74) is 3.06. The van der Waals surface area contributed by atoms with E-state index in [1.165, 1.54) is 0 Å². The Morgan fingerprint density at radius 2 is 1.95 bits per heavy atom. The lowest BCUT2D eigenvalue weighted by atomic mass is 10.1. The molecule has 2 rings (SSSR count). The molecule has 0 aliphatic carbocycles. The van der Waals surface area contributed by atoms with Crippen molar-refractivity contribution in [1.29, 1.82) is 0 Å². The van der Waals surface area contributed by atoms with Crippen molar-refractivity contribution in [3.8, 4) is 6.01 Å². The molecular weight excluding hydrogens is 264 g/mol. The third-order valence-electron chi connectivity index (χ3n) is 3.15. The van der Waals surface area contributed by atoms with Gasteiger partial charge in [0, 0.05) is 29.7 Å². The molecule has 0 aliphatic heterocycles. The molecule has 0 aromatic carbocycles. The van der Waals surface area contributed by atoms with E-state index in [9.17, 15) is 0 Å². The van der Waals surface area contributed by atoms with Gasteiger partial charge in [-0.25, -0.2) is 19.9 Å². The predicted octanol–water partition coefficient (Wildman–Crippen LogP) is 2.88. The molecular formula is C16H22N4O. The van der Waals surface area contributed by atoms with Gasteiger partial charge in [0.05, 0.1) is 6.61 Å². The van der Waals surface area contributed by atoms with Gasteiger partial charge >= 0.3 is 6.01 Å². The molecule has 2 aromatic rings. The molecule has 5 nitrogen and oxygen atoms in total. The minimum absolute atomic E-state index is 0.399. The molecule has 2 heterocycles. The van der Waals surface area contributed by atoms with Crippen LogP contribution in [0.5, 0.6) is 6.01 Å². The summed E-state index contributed by atoms with van der Waals surface area (Å²) in [5.74, 6) is 1.20. The molecule has 0 saturated carbocycles. The largest absolute Gasteiger partial charge is 0.463 e. The minimum Gasteiger partial charge on any atom is -0.463 e. The zero-order valence-corrected chi connectivity index (χ0v) is 13.1. The van der Waals surface area contributed by atoms with Gasteiger partial charge in [-0.1, -0.05) is 20.8 Å². The van der Waals surface area contributed by atoms with Crippen molar-refractivity contribution >= 4 is 0 Å². The highest BCUT2D eigenvalue weighted by Crippen LogP contribution is 2.13. The molecule has 0 bridgehead atoms. The first kappa shape index (κ1) is 15.4. The van der Waals surface area contributed by atoms with E-state index in [2.05, 4.69) is 40.7 Å². The van der Waals surface area contributed by atoms with Crippen LogP contribution in [0.1, 0.15) is 49.6 Å². The van der Waals surface area contributed by atoms with Crippen LogP contribution in [0.4, 0.5) is 0 Å². The summed E-state index contributed by atoms with van der Waals surface area (Å²) in [6, 6.07) is 4.38. The number of nitrogens with zero attached hydrogens (tertiary/aromatic N) is 4. The van der Waals surface area contributed by atoms with Gasteiger partial charge in [0.1, 0.15) is 5.82 Å². The Kier molecular flexibility index (Phi) is 5.20. The lowest BCUT2D eigenvalue weighted by Gasteiger charge is -2.09. The Morgan fingerprint density at radius 3 is 2.67 bits per heavy atom. The number of aromatic nitrogens is 4. The smallest absolute Gasteiger partial charge is 0.316 e. The third-order valence-corrected chi connectivity index (χ3v) is 3.15. The Bertz CT molecular complexity index is 599. The molecule has 2 aromatic heterocycles. The number of hydrogen-bond acceptors (Lipinski definition) is 5. The summed E-state index contributed by atoms with van der Waals surface area (Å²) in [7, 11) is 0. The minimum atomic E-state index is 0.399. The predicted molar refractivity (Wildman–Crippen MR) is 81.5 cm³/mol. The highest BCUT2D eigenvalue weighted by atomic mass is 16.5. The maximum atomic E-state index is 5.61. The van der Waals surface area contributed by atoms with Crippen LogP contribution >= 0.6 is 0 Å². The first-order valence-corrected chi connectivity index (χ1v) is 7.37. The van der Waals surface area contributed by atoms with E-state index in [-0.39, 0.29) is 0 Å². The quantitative estimate of drug-likeness (QED) is 0.817. The molecule has 0 saturated heterocycles. The Labute approximate surface area is 125 Å². The van der Waals surface area contributed by atoms with E-state index >= 15 is 0 Å². The van der Waals surface area contributed by atoms with Crippen molar-refractivity contribution in [1.82, 2.24) is 19.9 Å². The van der Waals surface area contributed by atoms with Gasteiger partial charge in [0.2, 0.25) is 0 Å². The van der Waals surface area contributed by atoms with E-state index in [1.807, 2.05) is 19.1 Å². The summed E-state index contributed by atoms with van der Waals surface area (Å²) in [5, 5.41) is 0. The molecule has 0 aliphatic rings. The molecule has 0 amide bonds. The molecule has 112 valence electrons. The Hall–Kier alpha value is -2.04. The monoisotopic (exact) mass is 286 g/mol. The summed E-state index contributed by atoms with van der Waals surface area (Å²) in [6.07, 6.45) is 3.33. The summed E-state index contributed by atoms with van der Waals surface area (Å²) < 4.78 is 5.61. The van der Waals surface area contributed by atoms with E-state index in [0.29, 0.717) is 18.5 Å². The molecule has 0 spiro atoms. The first-order valence-electron chi connectivity index (χ1n) is 7.37. The molecule has 5 heteroatoms. The third kappa shape index (κ3) is 4.48. The highest BCUT2D eigenvalue weighted by Gasteiger charge is 2.06. The second-order valence-corrected chi connectivity index (χ2v) is 5.27. The summed E-state index contributed by atoms with van der Waals surface area (Å²) in [6.45, 7) is 8.76. The van der Waals surface area contributed by atoms with Gasteiger partial charge in [0.25, 0.3) is 0 Å². The second kappa shape index (κ2) is 7.11. The number of aryl methyl sites for hydroxylation is 2. The van der Waals surface area contributed by atoms with E-state index < -0.39 is 0 Å². The van der Waals surface area contributed by atoms with Crippen LogP contribution in [0.2, 0.25) is 0 Å². The van der Waals surface area contributed by atoms with E-state index in [1.54, 1.807) is 6.20 Å². The van der Waals surface area contributed by atoms with Crippen molar-refractivity contribution in [2.75, 3.05) is 6.61 Å². The van der Waals surface area contributed by atoms with Crippen LogP contribution in [-0.4, -0.2) is 26.5 Å². The average Bonchev–Trinajstić information content (AvgIpc) is 2.47. The van der Waals surface area contributed by atoms with Gasteiger partial charge < -0.3 is 4.74 Å². The van der Waals surface area contributed by atoms with Crippen molar-refractivity contribution in [3.05, 3.63) is 41.2 Å². The summed E-state index contributed by atoms with van der Waals surface area (Å²) >= 11 is 0. The van der Waals surface area contributed by atoms with Crippen molar-refractivity contribution in [3.63, 3.8) is 0 Å². The van der Waals surface area contributed by atoms with Crippen molar-refractivity contribution < 1.29 is 4.74 Å². The van der Waals surface area contributed by atoms with Gasteiger partial charge in [-0.3, -0.25) is 0 Å². The van der Waals surface area contributed by atoms with E-state index in [0.717, 1.165) is 35.7 Å². The standard InChI is InChI=1S/C16H22N4O/c1-5-13-6-8-17-16(20-13)21-9-7-14-10-15(11(2)3)19-12(4)18-14/h6,8,10-11H,5,7,9H2,1-4H3. The maximum Gasteiger partial charge on any atom is 0.316 e. The summed E-state index contributed by atoms with van der Waals surface area (Å²) in [4.78, 5) is 17.3. The Balaban J connectivity index is 1.96. The normalized spacial score (nSPS) is 10.9. The van der Waals surface area contributed by atoms with Gasteiger partial charge in [-0.05, 0) is 31.4 Å². The number of ether oxygens (including phenoxy) is 1. The fraction of sp³-hybridized carbons (Fsp3) is 0.500. The maximum absolute atomic E-state index is 5.61. The molecule has 0 N–H and O–H groups in total. The Morgan fingerprint density at radius 1 is 1.14 bits per heavy atom. The SMILES string of the molecule is CCc1ccnc(OCCc2cc(C(C)C)nc(C)n2)n1. The molecule has 0 atom stereocenters. The van der Waals surface area contributed by atoms with Crippen LogP contribution in [0.15, 0.2) is 18.3 Å². The first-order chi connectivity index (χ1) is 10.1. The van der Waals surface area contributed by atoms with Crippen LogP contribution in [0.25, 0.3) is 0 Å². The molecule has 0 fully saturated rings. The molecule has 0 unspecified atom stereocenters. The van der Waals surface area contributed by atoms with Crippen LogP contribution in [-0.2, 0) is 12.8 Å². The average molecular weight is 286 g/mol. The lowest BCUT2D eigenvalue weighted by Crippen LogP contribution is -2.08. The van der Waals surface area contributed by atoms with Crippen molar-refractivity contribution in [2.45, 2.75) is 46.5 Å². The molecule has 21 heavy (non-hydrogen) atoms. The van der Waals surface area contributed by atoms with Crippen molar-refractivity contribution in [2.24, 2.45) is 0 Å². The van der Waals surface area contributed by atoms with E-state index in [4.69, 9.17) is 4.74 Å². The lowest BCUT2D eigenvalue weighted by molar-refractivity contribution is 0.294. The zero-order valence-electron chi connectivity index (χ0n) is 13.1. The van der Waals surface area contributed by atoms with Gasteiger partial charge in [0.15, 0.2) is 0 Å². The van der Waals surface area contributed by atoms with Gasteiger partial charge in [-0.15, -0.1) is 0 Å². The highest BCUT2D eigenvalue weighted by molar-refractivity contribution is 5.14.